The number of fused-ring (bicyclic) bond motifs is 1. The number of nitrogens with zero attached hydrogens (tertiary/aromatic N) is 4. The molecule has 0 saturated carbocycles. The van der Waals surface area contributed by atoms with E-state index in [2.05, 4.69) is 4.90 Å². The third-order valence-corrected chi connectivity index (χ3v) is 9.61. The van der Waals surface area contributed by atoms with Gasteiger partial charge in [0.05, 0.1) is 28.3 Å². The predicted molar refractivity (Wildman–Crippen MR) is 157 cm³/mol. The summed E-state index contributed by atoms with van der Waals surface area (Å²) in [6.45, 7) is 8.54. The number of thiazole rings is 1. The molecule has 38 heavy (non-hydrogen) atoms. The zero-order valence-electron chi connectivity index (χ0n) is 21.9. The minimum Gasteiger partial charge on any atom is -0.379 e. The van der Waals surface area contributed by atoms with Crippen molar-refractivity contribution in [3.63, 3.8) is 0 Å². The van der Waals surface area contributed by atoms with Crippen LogP contribution in [0.25, 0.3) is 10.2 Å². The van der Waals surface area contributed by atoms with Gasteiger partial charge in [-0.3, -0.25) is 14.6 Å². The van der Waals surface area contributed by atoms with Crippen molar-refractivity contribution >= 4 is 66.6 Å². The van der Waals surface area contributed by atoms with Crippen LogP contribution >= 0.6 is 35.3 Å². The molecule has 0 N–H and O–H groups in total. The Hall–Kier alpha value is -1.79. The maximum atomic E-state index is 13.7. The fourth-order valence-corrected chi connectivity index (χ4v) is 6.87. The molecule has 0 unspecified atom stereocenters. The first-order valence-corrected chi connectivity index (χ1v) is 15.1. The quantitative estimate of drug-likeness (QED) is 0.323. The number of ether oxygens (including phenoxy) is 1. The van der Waals surface area contributed by atoms with E-state index in [-0.39, 0.29) is 23.2 Å². The average molecular weight is 602 g/mol. The lowest BCUT2D eigenvalue weighted by molar-refractivity contribution is 0.0391. The molecule has 1 aliphatic heterocycles. The minimum absolute atomic E-state index is 0. The van der Waals surface area contributed by atoms with Crippen LogP contribution in [0, 0.1) is 6.92 Å². The molecule has 0 spiro atoms. The Morgan fingerprint density at radius 3 is 2.50 bits per heavy atom. The number of rotatable bonds is 10. The lowest BCUT2D eigenvalue weighted by Crippen LogP contribution is -2.43. The van der Waals surface area contributed by atoms with Crippen LogP contribution in [0.3, 0.4) is 0 Å². The van der Waals surface area contributed by atoms with E-state index in [0.717, 1.165) is 41.7 Å². The molecule has 1 aromatic heterocycles. The summed E-state index contributed by atoms with van der Waals surface area (Å²) in [4.78, 5) is 22.7. The molecule has 1 fully saturated rings. The molecule has 2 aromatic carbocycles. The second-order valence-corrected chi connectivity index (χ2v) is 12.7. The largest absolute Gasteiger partial charge is 0.379 e. The fraction of sp³-hybridized carbons (Fsp3) is 0.462. The maximum absolute atomic E-state index is 13.7. The molecule has 8 nitrogen and oxygen atoms in total. The molecule has 1 aliphatic rings. The van der Waals surface area contributed by atoms with Crippen molar-refractivity contribution in [3.8, 4) is 0 Å². The number of halogens is 2. The molecule has 0 aliphatic carbocycles. The summed E-state index contributed by atoms with van der Waals surface area (Å²) in [6, 6.07) is 9.91. The lowest BCUT2D eigenvalue weighted by atomic mass is 10.2. The second kappa shape index (κ2) is 13.5. The number of unbranched alkanes of at least 4 members (excludes halogenated alkanes) is 1. The highest BCUT2D eigenvalue weighted by atomic mass is 35.5. The van der Waals surface area contributed by atoms with E-state index in [0.29, 0.717) is 48.6 Å². The number of hydrogen-bond donors (Lipinski definition) is 0. The van der Waals surface area contributed by atoms with Crippen LogP contribution in [0.2, 0.25) is 5.02 Å². The first kappa shape index (κ1) is 30.7. The molecule has 1 saturated heterocycles. The van der Waals surface area contributed by atoms with Crippen LogP contribution in [-0.2, 0) is 14.8 Å². The van der Waals surface area contributed by atoms with Gasteiger partial charge in [0.25, 0.3) is 5.91 Å². The number of hydrogen-bond acceptors (Lipinski definition) is 7. The number of carbonyl (C=O) groups excluding carboxylic acids is 1. The molecule has 4 rings (SSSR count). The van der Waals surface area contributed by atoms with Crippen LogP contribution in [0.4, 0.5) is 5.13 Å². The zero-order valence-corrected chi connectivity index (χ0v) is 25.1. The Labute approximate surface area is 240 Å². The summed E-state index contributed by atoms with van der Waals surface area (Å²) in [5.74, 6) is -0.223. The van der Waals surface area contributed by atoms with Crippen molar-refractivity contribution in [1.82, 2.24) is 14.2 Å². The molecule has 208 valence electrons. The van der Waals surface area contributed by atoms with Gasteiger partial charge in [0.2, 0.25) is 10.0 Å². The van der Waals surface area contributed by atoms with Crippen LogP contribution in [0.5, 0.6) is 0 Å². The van der Waals surface area contributed by atoms with Crippen LogP contribution in [0.1, 0.15) is 35.7 Å². The Kier molecular flexibility index (Phi) is 10.9. The number of carbonyl (C=O) groups is 1. The third-order valence-electron chi connectivity index (χ3n) is 6.49. The van der Waals surface area contributed by atoms with Crippen LogP contribution in [-0.4, -0.2) is 81.5 Å². The van der Waals surface area contributed by atoms with E-state index in [4.69, 9.17) is 21.3 Å². The molecule has 3 aromatic rings. The summed E-state index contributed by atoms with van der Waals surface area (Å²) in [7, 11) is -2.03. The van der Waals surface area contributed by atoms with E-state index in [1.165, 1.54) is 27.8 Å². The number of morpholine rings is 1. The highest BCUT2D eigenvalue weighted by Crippen LogP contribution is 2.33. The Balaban J connectivity index is 0.00000400. The van der Waals surface area contributed by atoms with Gasteiger partial charge in [0, 0.05) is 50.4 Å². The van der Waals surface area contributed by atoms with E-state index >= 15 is 0 Å². The number of benzene rings is 2. The van der Waals surface area contributed by atoms with Gasteiger partial charge in [0.1, 0.15) is 0 Å². The Morgan fingerprint density at radius 2 is 1.84 bits per heavy atom. The van der Waals surface area contributed by atoms with Crippen molar-refractivity contribution in [3.05, 3.63) is 52.5 Å². The molecular weight excluding hydrogens is 567 g/mol. The molecule has 0 atom stereocenters. The summed E-state index contributed by atoms with van der Waals surface area (Å²) in [5.41, 5.74) is 2.18. The molecule has 2 heterocycles. The summed E-state index contributed by atoms with van der Waals surface area (Å²) < 4.78 is 33.5. The van der Waals surface area contributed by atoms with E-state index in [1.807, 2.05) is 26.0 Å². The predicted octanol–water partition coefficient (Wildman–Crippen LogP) is 5.08. The molecule has 12 heteroatoms. The van der Waals surface area contributed by atoms with Gasteiger partial charge in [-0.05, 0) is 55.3 Å². The van der Waals surface area contributed by atoms with Gasteiger partial charge in [-0.2, -0.15) is 0 Å². The average Bonchev–Trinajstić information content (AvgIpc) is 3.32. The minimum atomic E-state index is -3.61. The smallest absolute Gasteiger partial charge is 0.260 e. The van der Waals surface area contributed by atoms with Crippen LogP contribution < -0.4 is 4.90 Å². The number of sulfonamides is 1. The van der Waals surface area contributed by atoms with Gasteiger partial charge in [-0.25, -0.2) is 17.7 Å². The molecule has 0 radical (unpaired) electrons. The zero-order chi connectivity index (χ0) is 26.6. The molecular formula is C26H34Cl2N4O4S2. The molecule has 0 bridgehead atoms. The van der Waals surface area contributed by atoms with Crippen LogP contribution in [0.15, 0.2) is 41.3 Å². The van der Waals surface area contributed by atoms with E-state index < -0.39 is 10.0 Å². The molecule has 1 amide bonds. The monoisotopic (exact) mass is 600 g/mol. The van der Waals surface area contributed by atoms with E-state index in [9.17, 15) is 13.2 Å². The van der Waals surface area contributed by atoms with Crippen molar-refractivity contribution in [2.75, 3.05) is 57.9 Å². The highest BCUT2D eigenvalue weighted by Gasteiger charge is 2.25. The topological polar surface area (TPSA) is 83.1 Å². The van der Waals surface area contributed by atoms with Crippen molar-refractivity contribution < 1.29 is 17.9 Å². The van der Waals surface area contributed by atoms with Gasteiger partial charge < -0.3 is 4.74 Å². The highest BCUT2D eigenvalue weighted by molar-refractivity contribution is 7.89. The van der Waals surface area contributed by atoms with Gasteiger partial charge in [0.15, 0.2) is 5.13 Å². The normalized spacial score (nSPS) is 14.6. The van der Waals surface area contributed by atoms with Crippen molar-refractivity contribution in [2.24, 2.45) is 0 Å². The van der Waals surface area contributed by atoms with Crippen molar-refractivity contribution in [2.45, 2.75) is 31.6 Å². The lowest BCUT2D eigenvalue weighted by Gasteiger charge is -2.29. The SMILES string of the molecule is CCCCN(C)S(=O)(=O)c1ccc(C(=O)N(CCN2CCOCC2)c2nc3c(C)cc(Cl)cc3s2)cc1.Cl. The van der Waals surface area contributed by atoms with Gasteiger partial charge in [-0.15, -0.1) is 12.4 Å². The summed E-state index contributed by atoms with van der Waals surface area (Å²) in [5, 5.41) is 1.22. The van der Waals surface area contributed by atoms with Gasteiger partial charge in [-0.1, -0.05) is 36.3 Å². The Morgan fingerprint density at radius 1 is 1.16 bits per heavy atom. The van der Waals surface area contributed by atoms with Crippen molar-refractivity contribution in [1.29, 1.82) is 0 Å². The first-order valence-electron chi connectivity index (χ1n) is 12.5. The standard InChI is InChI=1S/C26H33ClN4O4S2.ClH/c1-4-5-10-29(3)37(33,34)22-8-6-20(7-9-22)25(32)31(12-11-30-13-15-35-16-14-30)26-28-24-19(2)17-21(27)18-23(24)36-26;/h6-9,17-18H,4-5,10-16H2,1-3H3;1H. The number of aromatic nitrogens is 1. The van der Waals surface area contributed by atoms with E-state index in [1.54, 1.807) is 24.1 Å². The fourth-order valence-electron chi connectivity index (χ4n) is 4.21. The third kappa shape index (κ3) is 7.04. The number of aryl methyl sites for hydroxylation is 1. The second-order valence-electron chi connectivity index (χ2n) is 9.18. The number of amides is 1. The maximum Gasteiger partial charge on any atom is 0.260 e. The first-order chi connectivity index (χ1) is 17.7. The number of anilines is 1. The summed E-state index contributed by atoms with van der Waals surface area (Å²) >= 11 is 7.69. The Bertz CT molecular complexity index is 1340. The van der Waals surface area contributed by atoms with Gasteiger partial charge >= 0.3 is 0 Å². The summed E-state index contributed by atoms with van der Waals surface area (Å²) in [6.07, 6.45) is 1.70.